The van der Waals surface area contributed by atoms with E-state index in [9.17, 15) is 0 Å². The van der Waals surface area contributed by atoms with Crippen LogP contribution in [0.25, 0.3) is 0 Å². The Hall–Kier alpha value is -0.350. The van der Waals surface area contributed by atoms with Crippen LogP contribution in [0.1, 0.15) is 30.7 Å². The van der Waals surface area contributed by atoms with Gasteiger partial charge in [-0.05, 0) is 54.2 Å². The van der Waals surface area contributed by atoms with Crippen molar-refractivity contribution in [2.45, 2.75) is 38.8 Å². The van der Waals surface area contributed by atoms with E-state index in [2.05, 4.69) is 71.5 Å². The highest BCUT2D eigenvalue weighted by atomic mass is 79.9. The minimum Gasteiger partial charge on any atom is -0.307 e. The molecule has 0 spiro atoms. The Morgan fingerprint density at radius 1 is 1.25 bits per heavy atom. The minimum atomic E-state index is 0.110. The van der Waals surface area contributed by atoms with Crippen molar-refractivity contribution in [1.82, 2.24) is 5.32 Å². The number of rotatable bonds is 6. The number of hydrogen-bond acceptors (Lipinski definition) is 2. The largest absolute Gasteiger partial charge is 0.307 e. The van der Waals surface area contributed by atoms with E-state index in [4.69, 9.17) is 11.6 Å². The molecule has 0 aliphatic carbocycles. The Balaban J connectivity index is 1.84. The first-order valence-corrected chi connectivity index (χ1v) is 8.68. The molecule has 0 atom stereocenters. The predicted molar refractivity (Wildman–Crippen MR) is 92.7 cm³/mol. The fraction of sp³-hybridized carbons (Fsp3) is 0.375. The van der Waals surface area contributed by atoms with Crippen molar-refractivity contribution in [3.05, 3.63) is 55.6 Å². The number of nitrogens with one attached hydrogen (secondary N) is 1. The van der Waals surface area contributed by atoms with Gasteiger partial charge in [-0.15, -0.1) is 11.3 Å². The maximum Gasteiger partial charge on any atom is 0.107 e. The van der Waals surface area contributed by atoms with Gasteiger partial charge in [-0.25, -0.2) is 0 Å². The highest BCUT2D eigenvalue weighted by Crippen LogP contribution is 2.32. The normalized spacial score (nSPS) is 11.8. The van der Waals surface area contributed by atoms with Gasteiger partial charge >= 0.3 is 0 Å². The monoisotopic (exact) mass is 371 g/mol. The molecule has 0 saturated carbocycles. The van der Waals surface area contributed by atoms with E-state index in [0.717, 1.165) is 28.2 Å². The molecule has 108 valence electrons. The molecule has 2 aromatic rings. The summed E-state index contributed by atoms with van der Waals surface area (Å²) in [4.78, 5) is 1.26. The molecule has 0 aliphatic rings. The third-order valence-corrected chi connectivity index (χ3v) is 5.79. The Labute approximate surface area is 138 Å². The maximum absolute atomic E-state index is 6.06. The van der Waals surface area contributed by atoms with Crippen LogP contribution in [0.3, 0.4) is 0 Å². The lowest BCUT2D eigenvalue weighted by Crippen LogP contribution is -2.38. The SMILES string of the molecule is CC(C)(CCc1ccccc1)NCc1cc(Br)c(Cl)s1. The van der Waals surface area contributed by atoms with Crippen LogP contribution < -0.4 is 5.32 Å². The summed E-state index contributed by atoms with van der Waals surface area (Å²) in [6.45, 7) is 5.36. The van der Waals surface area contributed by atoms with Gasteiger partial charge in [0.05, 0.1) is 0 Å². The molecule has 1 aromatic carbocycles. The van der Waals surface area contributed by atoms with Gasteiger partial charge in [-0.2, -0.15) is 0 Å². The lowest BCUT2D eigenvalue weighted by Gasteiger charge is -2.26. The molecular weight excluding hydrogens is 354 g/mol. The van der Waals surface area contributed by atoms with Crippen molar-refractivity contribution in [3.8, 4) is 0 Å². The van der Waals surface area contributed by atoms with E-state index in [1.807, 2.05) is 0 Å². The number of thiophene rings is 1. The molecular formula is C16H19BrClNS. The van der Waals surface area contributed by atoms with E-state index in [0.29, 0.717) is 0 Å². The molecule has 2 rings (SSSR count). The summed E-state index contributed by atoms with van der Waals surface area (Å²) in [6.07, 6.45) is 2.20. The third kappa shape index (κ3) is 4.88. The molecule has 0 amide bonds. The van der Waals surface area contributed by atoms with E-state index in [1.165, 1.54) is 10.4 Å². The summed E-state index contributed by atoms with van der Waals surface area (Å²) in [5.41, 5.74) is 1.50. The van der Waals surface area contributed by atoms with Gasteiger partial charge in [0.1, 0.15) is 4.34 Å². The number of hydrogen-bond donors (Lipinski definition) is 1. The van der Waals surface area contributed by atoms with Crippen molar-refractivity contribution in [3.63, 3.8) is 0 Å². The summed E-state index contributed by atoms with van der Waals surface area (Å²) >= 11 is 11.1. The molecule has 1 N–H and O–H groups in total. The molecule has 1 heterocycles. The van der Waals surface area contributed by atoms with E-state index >= 15 is 0 Å². The fourth-order valence-electron chi connectivity index (χ4n) is 1.99. The Kier molecular flexibility index (Phi) is 5.67. The molecule has 1 aromatic heterocycles. The number of aryl methyl sites for hydroxylation is 1. The number of halogens is 2. The van der Waals surface area contributed by atoms with Gasteiger partial charge in [0.2, 0.25) is 0 Å². The summed E-state index contributed by atoms with van der Waals surface area (Å²) < 4.78 is 1.81. The van der Waals surface area contributed by atoms with Crippen molar-refractivity contribution in [1.29, 1.82) is 0 Å². The molecule has 0 fully saturated rings. The first-order chi connectivity index (χ1) is 9.46. The minimum absolute atomic E-state index is 0.110. The van der Waals surface area contributed by atoms with Crippen LogP contribution in [-0.4, -0.2) is 5.54 Å². The lowest BCUT2D eigenvalue weighted by molar-refractivity contribution is 0.362. The first kappa shape index (κ1) is 16.0. The van der Waals surface area contributed by atoms with Crippen LogP contribution in [0, 0.1) is 0 Å². The zero-order valence-corrected chi connectivity index (χ0v) is 14.9. The molecule has 1 nitrogen and oxygen atoms in total. The van der Waals surface area contributed by atoms with Crippen LogP contribution in [-0.2, 0) is 13.0 Å². The van der Waals surface area contributed by atoms with Crippen molar-refractivity contribution in [2.24, 2.45) is 0 Å². The second kappa shape index (κ2) is 7.08. The average molecular weight is 373 g/mol. The Morgan fingerprint density at radius 3 is 2.55 bits per heavy atom. The van der Waals surface area contributed by atoms with E-state index < -0.39 is 0 Å². The molecule has 0 radical (unpaired) electrons. The highest BCUT2D eigenvalue weighted by Gasteiger charge is 2.17. The summed E-state index contributed by atoms with van der Waals surface area (Å²) in [5, 5.41) is 3.62. The van der Waals surface area contributed by atoms with E-state index in [1.54, 1.807) is 11.3 Å². The summed E-state index contributed by atoms with van der Waals surface area (Å²) in [5.74, 6) is 0. The topological polar surface area (TPSA) is 12.0 Å². The molecule has 0 unspecified atom stereocenters. The van der Waals surface area contributed by atoms with Crippen LogP contribution in [0.2, 0.25) is 4.34 Å². The second-order valence-electron chi connectivity index (χ2n) is 5.56. The number of benzene rings is 1. The van der Waals surface area contributed by atoms with Crippen LogP contribution in [0.15, 0.2) is 40.9 Å². The Morgan fingerprint density at radius 2 is 1.95 bits per heavy atom. The standard InChI is InChI=1S/C16H19BrClNS/c1-16(2,9-8-12-6-4-3-5-7-12)19-11-13-10-14(17)15(18)20-13/h3-7,10,19H,8-9,11H2,1-2H3. The average Bonchev–Trinajstić information content (AvgIpc) is 2.75. The molecule has 0 bridgehead atoms. The zero-order valence-electron chi connectivity index (χ0n) is 11.7. The van der Waals surface area contributed by atoms with Gasteiger partial charge < -0.3 is 5.32 Å². The Bertz CT molecular complexity index is 531. The van der Waals surface area contributed by atoms with Crippen LogP contribution in [0.5, 0.6) is 0 Å². The second-order valence-corrected chi connectivity index (χ2v) is 8.15. The van der Waals surface area contributed by atoms with E-state index in [-0.39, 0.29) is 5.54 Å². The van der Waals surface area contributed by atoms with Gasteiger partial charge in [0.25, 0.3) is 0 Å². The predicted octanol–water partition coefficient (Wildman–Crippen LogP) is 5.67. The summed E-state index contributed by atoms with van der Waals surface area (Å²) in [6, 6.07) is 12.7. The van der Waals surface area contributed by atoms with Crippen LogP contribution >= 0.6 is 38.9 Å². The smallest absolute Gasteiger partial charge is 0.107 e. The highest BCUT2D eigenvalue weighted by molar-refractivity contribution is 9.10. The first-order valence-electron chi connectivity index (χ1n) is 6.69. The maximum atomic E-state index is 6.06. The third-order valence-electron chi connectivity index (χ3n) is 3.32. The fourth-order valence-corrected chi connectivity index (χ4v) is 3.73. The van der Waals surface area contributed by atoms with Gasteiger partial charge in [0, 0.05) is 21.4 Å². The van der Waals surface area contributed by atoms with Crippen molar-refractivity contribution < 1.29 is 0 Å². The quantitative estimate of drug-likeness (QED) is 0.689. The van der Waals surface area contributed by atoms with Gasteiger partial charge in [-0.1, -0.05) is 41.9 Å². The zero-order chi connectivity index (χ0) is 14.6. The van der Waals surface area contributed by atoms with Crippen molar-refractivity contribution >= 4 is 38.9 Å². The molecule has 20 heavy (non-hydrogen) atoms. The molecule has 4 heteroatoms. The van der Waals surface area contributed by atoms with Gasteiger partial charge in [-0.3, -0.25) is 0 Å². The summed E-state index contributed by atoms with van der Waals surface area (Å²) in [7, 11) is 0. The van der Waals surface area contributed by atoms with Crippen molar-refractivity contribution in [2.75, 3.05) is 0 Å². The lowest BCUT2D eigenvalue weighted by atomic mass is 9.95. The molecule has 0 saturated heterocycles. The molecule has 0 aliphatic heterocycles. The van der Waals surface area contributed by atoms with Crippen LogP contribution in [0.4, 0.5) is 0 Å². The van der Waals surface area contributed by atoms with Gasteiger partial charge in [0.15, 0.2) is 0 Å².